The zero-order chi connectivity index (χ0) is 23.5. The fourth-order valence-corrected chi connectivity index (χ4v) is 4.69. The second-order valence-corrected chi connectivity index (χ2v) is 8.73. The van der Waals surface area contributed by atoms with Gasteiger partial charge in [-0.2, -0.15) is 18.2 Å². The van der Waals surface area contributed by atoms with Crippen LogP contribution in [0.25, 0.3) is 5.78 Å². The van der Waals surface area contributed by atoms with Gasteiger partial charge in [0.15, 0.2) is 0 Å². The Kier molecular flexibility index (Phi) is 4.89. The van der Waals surface area contributed by atoms with E-state index in [9.17, 15) is 18.0 Å². The Balaban J connectivity index is 1.49. The smallest absolute Gasteiger partial charge is 0.368 e. The van der Waals surface area contributed by atoms with E-state index in [0.29, 0.717) is 43.1 Å². The van der Waals surface area contributed by atoms with Crippen LogP contribution in [0.2, 0.25) is 0 Å². The van der Waals surface area contributed by atoms with E-state index < -0.39 is 23.4 Å². The Labute approximate surface area is 188 Å². The highest BCUT2D eigenvalue weighted by Crippen LogP contribution is 2.43. The summed E-state index contributed by atoms with van der Waals surface area (Å²) < 4.78 is 47.5. The van der Waals surface area contributed by atoms with Crippen LogP contribution in [0.3, 0.4) is 0 Å². The second kappa shape index (κ2) is 7.44. The van der Waals surface area contributed by atoms with E-state index in [4.69, 9.17) is 4.74 Å². The minimum Gasteiger partial charge on any atom is -0.368 e. The molecule has 2 aliphatic rings. The minimum atomic E-state index is -4.42. The number of alkyl halides is 3. The van der Waals surface area contributed by atoms with Gasteiger partial charge in [0.1, 0.15) is 11.4 Å². The van der Waals surface area contributed by atoms with Crippen molar-refractivity contribution in [1.82, 2.24) is 19.3 Å². The van der Waals surface area contributed by atoms with Gasteiger partial charge in [0.25, 0.3) is 5.91 Å². The first-order valence-electron chi connectivity index (χ1n) is 10.8. The summed E-state index contributed by atoms with van der Waals surface area (Å²) in [5.41, 5.74) is 1.04. The average Bonchev–Trinajstić information content (AvgIpc) is 3.20. The summed E-state index contributed by atoms with van der Waals surface area (Å²) >= 11 is 0. The molecule has 1 atom stereocenters. The van der Waals surface area contributed by atoms with Crippen molar-refractivity contribution in [2.24, 2.45) is 0 Å². The standard InChI is InChI=1S/C23H24F3N5O2/c1-13-15(5-4-6-17(13)23(24,25)26)14(2)28-19-16-11-30(20(32)22(33-3)7-8-22)12-18(16)31-10-9-27-21(31)29-19/h4-6,9-10,14H,7-8,11-12H2,1-3H3,(H,27,28,29). The van der Waals surface area contributed by atoms with Gasteiger partial charge in [-0.3, -0.25) is 9.20 Å². The lowest BCUT2D eigenvalue weighted by Gasteiger charge is -2.22. The first-order chi connectivity index (χ1) is 15.6. The first-order valence-corrected chi connectivity index (χ1v) is 10.8. The van der Waals surface area contributed by atoms with Gasteiger partial charge < -0.3 is 15.0 Å². The molecule has 1 aliphatic carbocycles. The van der Waals surface area contributed by atoms with E-state index in [1.165, 1.54) is 13.0 Å². The number of carbonyl (C=O) groups excluding carboxylic acids is 1. The second-order valence-electron chi connectivity index (χ2n) is 8.73. The number of halogens is 3. The van der Waals surface area contributed by atoms with Crippen molar-refractivity contribution in [3.8, 4) is 0 Å². The van der Waals surface area contributed by atoms with E-state index in [2.05, 4.69) is 15.3 Å². The highest BCUT2D eigenvalue weighted by atomic mass is 19.4. The van der Waals surface area contributed by atoms with Gasteiger partial charge in [-0.1, -0.05) is 12.1 Å². The molecule has 3 heterocycles. The summed E-state index contributed by atoms with van der Waals surface area (Å²) in [5, 5.41) is 3.29. The number of methoxy groups -OCH3 is 1. The number of amides is 1. The largest absolute Gasteiger partial charge is 0.416 e. The van der Waals surface area contributed by atoms with Crippen molar-refractivity contribution in [2.75, 3.05) is 12.4 Å². The molecule has 1 saturated carbocycles. The van der Waals surface area contributed by atoms with Crippen molar-refractivity contribution >= 4 is 17.5 Å². The third-order valence-corrected chi connectivity index (χ3v) is 6.72. The summed E-state index contributed by atoms with van der Waals surface area (Å²) in [6, 6.07) is 3.74. The van der Waals surface area contributed by atoms with Crippen LogP contribution in [0.15, 0.2) is 30.6 Å². The van der Waals surface area contributed by atoms with Crippen LogP contribution in [0.5, 0.6) is 0 Å². The van der Waals surface area contributed by atoms with E-state index in [1.54, 1.807) is 37.4 Å². The zero-order valence-corrected chi connectivity index (χ0v) is 18.5. The van der Waals surface area contributed by atoms with Gasteiger partial charge in [0, 0.05) is 25.1 Å². The van der Waals surface area contributed by atoms with Crippen LogP contribution < -0.4 is 5.32 Å². The Morgan fingerprint density at radius 3 is 2.70 bits per heavy atom. The molecular formula is C23H24F3N5O2. The fraction of sp³-hybridized carbons (Fsp3) is 0.435. The van der Waals surface area contributed by atoms with Crippen LogP contribution in [0.1, 0.15) is 53.8 Å². The molecule has 0 saturated heterocycles. The summed E-state index contributed by atoms with van der Waals surface area (Å²) in [5.74, 6) is 0.930. The van der Waals surface area contributed by atoms with Crippen molar-refractivity contribution in [3.05, 3.63) is 58.5 Å². The van der Waals surface area contributed by atoms with E-state index in [1.807, 2.05) is 4.40 Å². The molecule has 1 aromatic carbocycles. The predicted octanol–water partition coefficient (Wildman–Crippen LogP) is 4.25. The SMILES string of the molecule is COC1(C(=O)N2Cc3c(NC(C)c4cccc(C(F)(F)F)c4C)nc4nccn4c3C2)CC1. The number of fused-ring (bicyclic) bond motifs is 3. The highest BCUT2D eigenvalue weighted by Gasteiger charge is 2.53. The molecule has 2 aromatic heterocycles. The van der Waals surface area contributed by atoms with Gasteiger partial charge in [0.05, 0.1) is 30.4 Å². The number of anilines is 1. The van der Waals surface area contributed by atoms with Crippen LogP contribution in [-0.2, 0) is 28.8 Å². The Morgan fingerprint density at radius 2 is 2.03 bits per heavy atom. The highest BCUT2D eigenvalue weighted by molar-refractivity contribution is 5.88. The van der Waals surface area contributed by atoms with Crippen LogP contribution in [0.4, 0.5) is 19.0 Å². The number of nitrogens with zero attached hydrogens (tertiary/aromatic N) is 4. The maximum atomic E-state index is 13.4. The number of ether oxygens (including phenoxy) is 1. The molecule has 1 aliphatic heterocycles. The molecule has 5 rings (SSSR count). The molecule has 3 aromatic rings. The summed E-state index contributed by atoms with van der Waals surface area (Å²) in [4.78, 5) is 23.7. The van der Waals surface area contributed by atoms with Gasteiger partial charge >= 0.3 is 6.18 Å². The van der Waals surface area contributed by atoms with Crippen LogP contribution in [0, 0.1) is 6.92 Å². The average molecular weight is 459 g/mol. The monoisotopic (exact) mass is 459 g/mol. The molecule has 1 N–H and O–H groups in total. The van der Waals surface area contributed by atoms with Gasteiger partial charge in [-0.25, -0.2) is 4.98 Å². The number of hydrogen-bond donors (Lipinski definition) is 1. The number of aromatic nitrogens is 3. The predicted molar refractivity (Wildman–Crippen MR) is 114 cm³/mol. The molecule has 33 heavy (non-hydrogen) atoms. The number of imidazole rings is 1. The fourth-order valence-electron chi connectivity index (χ4n) is 4.69. The lowest BCUT2D eigenvalue weighted by Crippen LogP contribution is -2.38. The number of benzene rings is 1. The van der Waals surface area contributed by atoms with Crippen LogP contribution in [-0.4, -0.2) is 37.9 Å². The molecule has 1 unspecified atom stereocenters. The number of nitrogens with one attached hydrogen (secondary N) is 1. The van der Waals surface area contributed by atoms with Crippen molar-refractivity contribution in [3.63, 3.8) is 0 Å². The zero-order valence-electron chi connectivity index (χ0n) is 18.5. The van der Waals surface area contributed by atoms with E-state index >= 15 is 0 Å². The normalized spacial score (nSPS) is 17.8. The number of hydrogen-bond acceptors (Lipinski definition) is 5. The first kappa shape index (κ1) is 21.7. The van der Waals surface area contributed by atoms with Crippen molar-refractivity contribution in [1.29, 1.82) is 0 Å². The summed E-state index contributed by atoms with van der Waals surface area (Å²) in [7, 11) is 1.55. The quantitative estimate of drug-likeness (QED) is 0.618. The molecule has 7 nitrogen and oxygen atoms in total. The van der Waals surface area contributed by atoms with E-state index in [-0.39, 0.29) is 11.5 Å². The lowest BCUT2D eigenvalue weighted by atomic mass is 9.97. The van der Waals surface area contributed by atoms with Crippen LogP contribution >= 0.6 is 0 Å². The molecule has 0 spiro atoms. The number of carbonyl (C=O) groups is 1. The van der Waals surface area contributed by atoms with Gasteiger partial charge in [-0.05, 0) is 43.9 Å². The Bertz CT molecular complexity index is 1250. The van der Waals surface area contributed by atoms with Crippen molar-refractivity contribution < 1.29 is 22.7 Å². The van der Waals surface area contributed by atoms with Crippen molar-refractivity contribution in [2.45, 2.75) is 57.6 Å². The Morgan fingerprint density at radius 1 is 1.27 bits per heavy atom. The summed E-state index contributed by atoms with van der Waals surface area (Å²) in [6.45, 7) is 4.01. The molecule has 10 heteroatoms. The molecule has 1 fully saturated rings. The summed E-state index contributed by atoms with van der Waals surface area (Å²) in [6.07, 6.45) is 0.405. The maximum Gasteiger partial charge on any atom is 0.416 e. The molecule has 174 valence electrons. The van der Waals surface area contributed by atoms with Gasteiger partial charge in [0.2, 0.25) is 5.78 Å². The third-order valence-electron chi connectivity index (χ3n) is 6.72. The minimum absolute atomic E-state index is 0.0535. The number of rotatable bonds is 5. The lowest BCUT2D eigenvalue weighted by molar-refractivity contribution is -0.145. The Hall–Kier alpha value is -3.14. The molecule has 1 amide bonds. The molecule has 0 radical (unpaired) electrons. The maximum absolute atomic E-state index is 13.4. The van der Waals surface area contributed by atoms with Gasteiger partial charge in [-0.15, -0.1) is 0 Å². The molecule has 0 bridgehead atoms. The third kappa shape index (κ3) is 3.52. The molecular weight excluding hydrogens is 435 g/mol. The van der Waals surface area contributed by atoms with E-state index in [0.717, 1.165) is 17.3 Å². The topological polar surface area (TPSA) is 71.8 Å².